The quantitative estimate of drug-likeness (QED) is 0.911. The van der Waals surface area contributed by atoms with Crippen molar-refractivity contribution in [3.8, 4) is 5.75 Å². The van der Waals surface area contributed by atoms with Gasteiger partial charge in [0.2, 0.25) is 0 Å². The Hall–Kier alpha value is -1.81. The maximum atomic E-state index is 9.80. The summed E-state index contributed by atoms with van der Waals surface area (Å²) in [5, 5.41) is 14.2. The largest absolute Gasteiger partial charge is 0.487 e. The SMILES string of the molecule is CCn1nc(C)cc1COc1cc(C)ccc1C(C)O. The van der Waals surface area contributed by atoms with Crippen LogP contribution in [0.25, 0.3) is 0 Å². The van der Waals surface area contributed by atoms with Crippen LogP contribution in [0.15, 0.2) is 24.3 Å². The van der Waals surface area contributed by atoms with Crippen LogP contribution < -0.4 is 4.74 Å². The molecule has 0 bridgehead atoms. The number of hydrogen-bond donors (Lipinski definition) is 1. The predicted molar refractivity (Wildman–Crippen MR) is 78.8 cm³/mol. The van der Waals surface area contributed by atoms with Gasteiger partial charge in [0, 0.05) is 12.1 Å². The summed E-state index contributed by atoms with van der Waals surface area (Å²) in [6.07, 6.45) is -0.538. The van der Waals surface area contributed by atoms with Gasteiger partial charge < -0.3 is 9.84 Å². The molecule has 4 heteroatoms. The third kappa shape index (κ3) is 3.20. The zero-order valence-electron chi connectivity index (χ0n) is 12.6. The minimum absolute atomic E-state index is 0.456. The van der Waals surface area contributed by atoms with Crippen LogP contribution in [0.3, 0.4) is 0 Å². The van der Waals surface area contributed by atoms with Gasteiger partial charge in [0.05, 0.1) is 17.5 Å². The van der Waals surface area contributed by atoms with Crippen molar-refractivity contribution in [2.24, 2.45) is 0 Å². The number of nitrogens with zero attached hydrogens (tertiary/aromatic N) is 2. The molecule has 0 spiro atoms. The van der Waals surface area contributed by atoms with Gasteiger partial charge in [-0.1, -0.05) is 12.1 Å². The highest BCUT2D eigenvalue weighted by molar-refractivity contribution is 5.38. The first-order valence-electron chi connectivity index (χ1n) is 6.96. The third-order valence-electron chi connectivity index (χ3n) is 3.28. The summed E-state index contributed by atoms with van der Waals surface area (Å²) in [4.78, 5) is 0. The zero-order valence-corrected chi connectivity index (χ0v) is 12.6. The van der Waals surface area contributed by atoms with E-state index in [1.54, 1.807) is 6.92 Å². The second-order valence-electron chi connectivity index (χ2n) is 5.10. The summed E-state index contributed by atoms with van der Waals surface area (Å²) in [6.45, 7) is 9.08. The van der Waals surface area contributed by atoms with Crippen LogP contribution in [0.5, 0.6) is 5.75 Å². The lowest BCUT2D eigenvalue weighted by Gasteiger charge is -2.14. The summed E-state index contributed by atoms with van der Waals surface area (Å²) in [6, 6.07) is 7.88. The van der Waals surface area contributed by atoms with Crippen LogP contribution in [0.2, 0.25) is 0 Å². The Morgan fingerprint density at radius 1 is 1.30 bits per heavy atom. The van der Waals surface area contributed by atoms with E-state index in [0.29, 0.717) is 6.61 Å². The second-order valence-corrected chi connectivity index (χ2v) is 5.10. The van der Waals surface area contributed by atoms with E-state index in [0.717, 1.165) is 34.8 Å². The molecule has 2 aromatic rings. The van der Waals surface area contributed by atoms with Crippen molar-refractivity contribution in [1.29, 1.82) is 0 Å². The molecule has 1 N–H and O–H groups in total. The van der Waals surface area contributed by atoms with Crippen LogP contribution in [-0.4, -0.2) is 14.9 Å². The minimum atomic E-state index is -0.538. The molecular formula is C16H22N2O2. The smallest absolute Gasteiger partial charge is 0.130 e. The van der Waals surface area contributed by atoms with Crippen LogP contribution in [-0.2, 0) is 13.2 Å². The van der Waals surface area contributed by atoms with Crippen LogP contribution >= 0.6 is 0 Å². The third-order valence-corrected chi connectivity index (χ3v) is 3.28. The Kier molecular flexibility index (Phi) is 4.45. The van der Waals surface area contributed by atoms with E-state index in [1.165, 1.54) is 0 Å². The average molecular weight is 274 g/mol. The Balaban J connectivity index is 2.20. The molecule has 0 amide bonds. The van der Waals surface area contributed by atoms with E-state index in [2.05, 4.69) is 12.0 Å². The molecule has 108 valence electrons. The molecule has 20 heavy (non-hydrogen) atoms. The highest BCUT2D eigenvalue weighted by Gasteiger charge is 2.11. The monoisotopic (exact) mass is 274 g/mol. The normalized spacial score (nSPS) is 12.4. The number of aromatic nitrogens is 2. The van der Waals surface area contributed by atoms with E-state index in [1.807, 2.05) is 42.8 Å². The van der Waals surface area contributed by atoms with Crippen LogP contribution in [0, 0.1) is 13.8 Å². The summed E-state index contributed by atoms with van der Waals surface area (Å²) < 4.78 is 7.84. The number of benzene rings is 1. The summed E-state index contributed by atoms with van der Waals surface area (Å²) in [7, 11) is 0. The highest BCUT2D eigenvalue weighted by Crippen LogP contribution is 2.27. The lowest BCUT2D eigenvalue weighted by atomic mass is 10.1. The van der Waals surface area contributed by atoms with Crippen molar-refractivity contribution >= 4 is 0 Å². The second kappa shape index (κ2) is 6.09. The lowest BCUT2D eigenvalue weighted by molar-refractivity contribution is 0.189. The van der Waals surface area contributed by atoms with Gasteiger partial charge in [-0.3, -0.25) is 4.68 Å². The fourth-order valence-electron chi connectivity index (χ4n) is 2.25. The Morgan fingerprint density at radius 2 is 2.05 bits per heavy atom. The zero-order chi connectivity index (χ0) is 14.7. The average Bonchev–Trinajstić information content (AvgIpc) is 2.76. The van der Waals surface area contributed by atoms with Crippen molar-refractivity contribution < 1.29 is 9.84 Å². The van der Waals surface area contributed by atoms with Crippen molar-refractivity contribution in [3.05, 3.63) is 46.8 Å². The molecule has 0 aliphatic heterocycles. The summed E-state index contributed by atoms with van der Waals surface area (Å²) in [5.41, 5.74) is 3.97. The van der Waals surface area contributed by atoms with Gasteiger partial charge in [0.1, 0.15) is 12.4 Å². The minimum Gasteiger partial charge on any atom is -0.487 e. The fourth-order valence-corrected chi connectivity index (χ4v) is 2.25. The van der Waals surface area contributed by atoms with Crippen LogP contribution in [0.4, 0.5) is 0 Å². The molecule has 0 aliphatic carbocycles. The topological polar surface area (TPSA) is 47.3 Å². The number of ether oxygens (including phenoxy) is 1. The van der Waals surface area contributed by atoms with Gasteiger partial charge in [-0.15, -0.1) is 0 Å². The van der Waals surface area contributed by atoms with Gasteiger partial charge in [0.25, 0.3) is 0 Å². The lowest BCUT2D eigenvalue weighted by Crippen LogP contribution is -2.07. The first-order chi connectivity index (χ1) is 9.51. The molecule has 2 rings (SSSR count). The van der Waals surface area contributed by atoms with Crippen molar-refractivity contribution in [1.82, 2.24) is 9.78 Å². The molecule has 1 aromatic heterocycles. The van der Waals surface area contributed by atoms with E-state index in [-0.39, 0.29) is 0 Å². The highest BCUT2D eigenvalue weighted by atomic mass is 16.5. The number of rotatable bonds is 5. The molecule has 0 radical (unpaired) electrons. The molecule has 0 saturated heterocycles. The molecule has 0 aliphatic rings. The first kappa shape index (κ1) is 14.6. The molecule has 1 heterocycles. The van der Waals surface area contributed by atoms with Gasteiger partial charge in [-0.2, -0.15) is 5.10 Å². The molecular weight excluding hydrogens is 252 g/mol. The fraction of sp³-hybridized carbons (Fsp3) is 0.438. The Bertz CT molecular complexity index is 588. The van der Waals surface area contributed by atoms with E-state index < -0.39 is 6.10 Å². The van der Waals surface area contributed by atoms with Crippen molar-refractivity contribution in [2.45, 2.75) is 47.0 Å². The predicted octanol–water partition coefficient (Wildman–Crippen LogP) is 3.15. The number of aliphatic hydroxyl groups is 1. The molecule has 0 fully saturated rings. The number of aliphatic hydroxyl groups excluding tert-OH is 1. The van der Waals surface area contributed by atoms with Gasteiger partial charge in [-0.25, -0.2) is 0 Å². The Morgan fingerprint density at radius 3 is 2.70 bits per heavy atom. The standard InChI is InChI=1S/C16H22N2O2/c1-5-18-14(9-12(3)17-18)10-20-16-8-11(2)6-7-15(16)13(4)19/h6-9,13,19H,5,10H2,1-4H3. The van der Waals surface area contributed by atoms with Crippen molar-refractivity contribution in [3.63, 3.8) is 0 Å². The number of aryl methyl sites for hydroxylation is 3. The first-order valence-corrected chi connectivity index (χ1v) is 6.96. The van der Waals surface area contributed by atoms with E-state index in [9.17, 15) is 5.11 Å². The maximum absolute atomic E-state index is 9.80. The molecule has 1 atom stereocenters. The van der Waals surface area contributed by atoms with E-state index in [4.69, 9.17) is 4.74 Å². The summed E-state index contributed by atoms with van der Waals surface area (Å²) >= 11 is 0. The van der Waals surface area contributed by atoms with Gasteiger partial charge in [0.15, 0.2) is 0 Å². The van der Waals surface area contributed by atoms with Gasteiger partial charge in [-0.05, 0) is 45.4 Å². The van der Waals surface area contributed by atoms with E-state index >= 15 is 0 Å². The number of hydrogen-bond acceptors (Lipinski definition) is 3. The molecule has 0 saturated carbocycles. The summed E-state index contributed by atoms with van der Waals surface area (Å²) in [5.74, 6) is 0.738. The molecule has 4 nitrogen and oxygen atoms in total. The van der Waals surface area contributed by atoms with Crippen LogP contribution in [0.1, 0.15) is 42.5 Å². The van der Waals surface area contributed by atoms with Crippen molar-refractivity contribution in [2.75, 3.05) is 0 Å². The Labute approximate surface area is 120 Å². The van der Waals surface area contributed by atoms with Gasteiger partial charge >= 0.3 is 0 Å². The maximum Gasteiger partial charge on any atom is 0.130 e. The molecule has 1 unspecified atom stereocenters. The molecule has 1 aromatic carbocycles.